The van der Waals surface area contributed by atoms with Gasteiger partial charge in [-0.1, -0.05) is 81.4 Å². The maximum Gasteiger partial charge on any atom is 0.226 e. The molecule has 1 atom stereocenters. The minimum Gasteiger partial charge on any atom is -0.454 e. The highest BCUT2D eigenvalue weighted by Crippen LogP contribution is 2.52. The quantitative estimate of drug-likeness (QED) is 0.171. The summed E-state index contributed by atoms with van der Waals surface area (Å²) in [4.78, 5) is 2.55. The van der Waals surface area contributed by atoms with Gasteiger partial charge in [0.05, 0.1) is 11.2 Å². The van der Waals surface area contributed by atoms with Crippen LogP contribution in [-0.4, -0.2) is 11.3 Å². The summed E-state index contributed by atoms with van der Waals surface area (Å²) in [5, 5.41) is 4.64. The number of aryl methyl sites for hydroxylation is 1. The van der Waals surface area contributed by atoms with Crippen LogP contribution in [-0.2, 0) is 0 Å². The summed E-state index contributed by atoms with van der Waals surface area (Å²) in [7, 11) is 0. The van der Waals surface area contributed by atoms with E-state index in [1.54, 1.807) is 0 Å². The molecule has 0 fully saturated rings. The first-order valence-electron chi connectivity index (χ1n) is 17.1. The van der Waals surface area contributed by atoms with E-state index in [0.717, 1.165) is 56.1 Å². The molecule has 3 aromatic heterocycles. The Morgan fingerprint density at radius 2 is 1.38 bits per heavy atom. The Balaban J connectivity index is 1.29. The van der Waals surface area contributed by atoms with E-state index in [1.807, 2.05) is 0 Å². The molecule has 0 amide bonds. The number of anilines is 2. The van der Waals surface area contributed by atoms with Crippen molar-refractivity contribution in [1.29, 1.82) is 0 Å². The van der Waals surface area contributed by atoms with E-state index in [0.29, 0.717) is 0 Å². The van der Waals surface area contributed by atoms with Gasteiger partial charge in [-0.3, -0.25) is 0 Å². The first-order valence-corrected chi connectivity index (χ1v) is 17.1. The van der Waals surface area contributed by atoms with Crippen LogP contribution in [0.5, 0.6) is 0 Å². The number of benzene rings is 5. The number of aromatic nitrogens is 1. The summed E-state index contributed by atoms with van der Waals surface area (Å²) < 4.78 is 15.9. The molecule has 5 heterocycles. The van der Waals surface area contributed by atoms with E-state index >= 15 is 0 Å². The normalized spacial score (nSPS) is 17.0. The second kappa shape index (κ2) is 8.93. The second-order valence-corrected chi connectivity index (χ2v) is 15.0. The minimum atomic E-state index is 0.0276. The van der Waals surface area contributed by atoms with Gasteiger partial charge in [-0.15, -0.1) is 0 Å². The van der Waals surface area contributed by atoms with Crippen LogP contribution in [0, 0.1) is 12.3 Å². The Morgan fingerprint density at radius 3 is 2.21 bits per heavy atom. The zero-order valence-corrected chi connectivity index (χ0v) is 27.5. The molecule has 0 radical (unpaired) electrons. The summed E-state index contributed by atoms with van der Waals surface area (Å²) in [6, 6.07) is 35.2. The van der Waals surface area contributed by atoms with Crippen LogP contribution in [0.15, 0.2) is 129 Å². The highest BCUT2D eigenvalue weighted by molar-refractivity contribution is 6.91. The molecule has 1 unspecified atom stereocenters. The predicted octanol–water partition coefficient (Wildman–Crippen LogP) is 10.4. The van der Waals surface area contributed by atoms with Crippen molar-refractivity contribution in [2.75, 3.05) is 4.90 Å². The Hall–Kier alpha value is -5.42. The lowest BCUT2D eigenvalue weighted by Crippen LogP contribution is -2.57. The summed E-state index contributed by atoms with van der Waals surface area (Å²) in [6.07, 6.45) is 5.96. The molecule has 3 aliphatic rings. The molecule has 230 valence electrons. The number of hydrogen-bond donors (Lipinski definition) is 0. The predicted molar refractivity (Wildman–Crippen MR) is 200 cm³/mol. The van der Waals surface area contributed by atoms with Crippen molar-refractivity contribution in [2.45, 2.75) is 39.9 Å². The number of allylic oxidation sites excluding steroid dienone is 4. The smallest absolute Gasteiger partial charge is 0.226 e. The fourth-order valence-corrected chi connectivity index (χ4v) is 9.13. The molecule has 5 aromatic carbocycles. The van der Waals surface area contributed by atoms with Crippen LogP contribution in [0.3, 0.4) is 0 Å². The second-order valence-electron chi connectivity index (χ2n) is 15.0. The van der Waals surface area contributed by atoms with E-state index in [9.17, 15) is 0 Å². The lowest BCUT2D eigenvalue weighted by atomic mass is 9.29. The van der Waals surface area contributed by atoms with Crippen molar-refractivity contribution in [2.24, 2.45) is 5.41 Å². The van der Waals surface area contributed by atoms with E-state index < -0.39 is 0 Å². The van der Waals surface area contributed by atoms with Crippen molar-refractivity contribution < 1.29 is 8.83 Å². The van der Waals surface area contributed by atoms with Gasteiger partial charge in [0.15, 0.2) is 11.2 Å². The molecule has 4 nitrogen and oxygen atoms in total. The molecule has 1 aliphatic carbocycles. The summed E-state index contributed by atoms with van der Waals surface area (Å²) in [6.45, 7) is 9.42. The number of hydrogen-bond acceptors (Lipinski definition) is 3. The number of para-hydroxylation sites is 4. The van der Waals surface area contributed by atoms with Crippen molar-refractivity contribution in [3.8, 4) is 5.69 Å². The summed E-state index contributed by atoms with van der Waals surface area (Å²) >= 11 is 0. The first-order chi connectivity index (χ1) is 23.4. The third-order valence-electron chi connectivity index (χ3n) is 11.2. The maximum absolute atomic E-state index is 6.74. The van der Waals surface area contributed by atoms with Crippen LogP contribution >= 0.6 is 0 Å². The molecule has 2 aliphatic heterocycles. The highest BCUT2D eigenvalue weighted by Gasteiger charge is 2.48. The van der Waals surface area contributed by atoms with Gasteiger partial charge in [0.1, 0.15) is 16.7 Å². The average Bonchev–Trinajstić information content (AvgIpc) is 3.75. The van der Waals surface area contributed by atoms with Crippen LogP contribution in [0.1, 0.15) is 32.8 Å². The van der Waals surface area contributed by atoms with Crippen molar-refractivity contribution in [3.63, 3.8) is 0 Å². The standard InChI is InChI=1S/C43H33BN2O2/c1-24-21-34-38-35(22-24)46-39-29(42-40(46)28-12-6-8-18-37(28)48-42)14-9-15-31(39)44(38)30-20-19-25(43(2,3)4)23-33(30)45(34)32-16-10-13-27-26-11-5-7-17-36(26)47-41(27)32/h5-19,21-23,30H,20H2,1-4H3. The van der Waals surface area contributed by atoms with E-state index in [2.05, 4.69) is 146 Å². The first kappa shape index (κ1) is 26.6. The molecule has 5 heteroatoms. The number of furan rings is 2. The van der Waals surface area contributed by atoms with Crippen LogP contribution < -0.4 is 15.8 Å². The molecule has 8 aromatic rings. The lowest BCUT2D eigenvalue weighted by Gasteiger charge is -2.46. The van der Waals surface area contributed by atoms with Gasteiger partial charge in [0.25, 0.3) is 0 Å². The van der Waals surface area contributed by atoms with Gasteiger partial charge in [-0.2, -0.15) is 0 Å². The third-order valence-corrected chi connectivity index (χ3v) is 11.2. The molecule has 0 saturated carbocycles. The van der Waals surface area contributed by atoms with Gasteiger partial charge in [-0.05, 0) is 95.2 Å². The fourth-order valence-electron chi connectivity index (χ4n) is 9.13. The Bertz CT molecular complexity index is 2780. The molecule has 11 rings (SSSR count). The molecule has 0 bridgehead atoms. The maximum atomic E-state index is 6.74. The van der Waals surface area contributed by atoms with E-state index in [-0.39, 0.29) is 17.9 Å². The molecular formula is C43H33BN2O2. The zero-order valence-electron chi connectivity index (χ0n) is 27.5. The number of rotatable bonds is 1. The molecule has 48 heavy (non-hydrogen) atoms. The lowest BCUT2D eigenvalue weighted by molar-refractivity contribution is 0.510. The minimum absolute atomic E-state index is 0.0276. The average molecular weight is 621 g/mol. The van der Waals surface area contributed by atoms with E-state index in [1.165, 1.54) is 50.0 Å². The van der Waals surface area contributed by atoms with Gasteiger partial charge in [0, 0.05) is 38.6 Å². The fraction of sp³-hybridized carbons (Fsp3) is 0.163. The van der Waals surface area contributed by atoms with Crippen LogP contribution in [0.4, 0.5) is 11.4 Å². The number of nitrogens with zero attached hydrogens (tertiary/aromatic N) is 2. The third kappa shape index (κ3) is 3.26. The largest absolute Gasteiger partial charge is 0.454 e. The monoisotopic (exact) mass is 620 g/mol. The Morgan fingerprint density at radius 1 is 0.688 bits per heavy atom. The van der Waals surface area contributed by atoms with Crippen molar-refractivity contribution in [1.82, 2.24) is 4.57 Å². The van der Waals surface area contributed by atoms with E-state index in [4.69, 9.17) is 8.83 Å². The van der Waals surface area contributed by atoms with Gasteiger partial charge < -0.3 is 18.3 Å². The molecule has 0 N–H and O–H groups in total. The summed E-state index contributed by atoms with van der Waals surface area (Å²) in [5.41, 5.74) is 16.5. The Labute approximate surface area is 278 Å². The SMILES string of the molecule is Cc1cc2c3c(c1)-n1c4c(cccc4c4oc5ccccc5c41)B3C1CC=C(C(C)(C)C)C=C1N2c1cccc2c1oc1ccccc12. The summed E-state index contributed by atoms with van der Waals surface area (Å²) in [5.74, 6) is 0.252. The van der Waals surface area contributed by atoms with Gasteiger partial charge in [-0.25, -0.2) is 0 Å². The van der Waals surface area contributed by atoms with Crippen molar-refractivity contribution in [3.05, 3.63) is 126 Å². The molecular weight excluding hydrogens is 587 g/mol. The molecule has 0 saturated heterocycles. The van der Waals surface area contributed by atoms with Gasteiger partial charge in [0.2, 0.25) is 6.71 Å². The molecule has 0 spiro atoms. The highest BCUT2D eigenvalue weighted by atomic mass is 16.3. The van der Waals surface area contributed by atoms with Crippen LogP contribution in [0.25, 0.3) is 60.6 Å². The number of fused-ring (bicyclic) bond motifs is 12. The van der Waals surface area contributed by atoms with Gasteiger partial charge >= 0.3 is 0 Å². The zero-order chi connectivity index (χ0) is 32.1. The topological polar surface area (TPSA) is 34.5 Å². The van der Waals surface area contributed by atoms with Crippen LogP contribution in [0.2, 0.25) is 5.82 Å². The Kier molecular flexibility index (Phi) is 4.95. The van der Waals surface area contributed by atoms with Crippen molar-refractivity contribution >= 4 is 83.9 Å².